The first kappa shape index (κ1) is 11.4. The lowest BCUT2D eigenvalue weighted by atomic mass is 10.2. The quantitative estimate of drug-likeness (QED) is 0.888. The first-order valence-corrected chi connectivity index (χ1v) is 5.33. The first-order chi connectivity index (χ1) is 6.59. The SMILES string of the molecule is CC(N)CCN(C)c1ncc(Br)cn1. The van der Waals surface area contributed by atoms with Crippen molar-refractivity contribution in [3.05, 3.63) is 16.9 Å². The van der Waals surface area contributed by atoms with Gasteiger partial charge >= 0.3 is 0 Å². The molecule has 78 valence electrons. The topological polar surface area (TPSA) is 55.0 Å². The van der Waals surface area contributed by atoms with Crippen LogP contribution in [0.25, 0.3) is 0 Å². The molecule has 0 aromatic carbocycles. The molecule has 4 nitrogen and oxygen atoms in total. The van der Waals surface area contributed by atoms with Crippen LogP contribution in [0, 0.1) is 0 Å². The van der Waals surface area contributed by atoms with Gasteiger partial charge in [0.1, 0.15) is 0 Å². The van der Waals surface area contributed by atoms with Gasteiger partial charge in [-0.3, -0.25) is 0 Å². The predicted molar refractivity (Wildman–Crippen MR) is 61.3 cm³/mol. The zero-order valence-corrected chi connectivity index (χ0v) is 10.0. The number of hydrogen-bond acceptors (Lipinski definition) is 4. The fraction of sp³-hybridized carbons (Fsp3) is 0.556. The maximum atomic E-state index is 5.67. The molecule has 0 aliphatic rings. The van der Waals surface area contributed by atoms with Gasteiger partial charge in [0.2, 0.25) is 5.95 Å². The van der Waals surface area contributed by atoms with E-state index in [1.54, 1.807) is 12.4 Å². The second kappa shape index (κ2) is 5.26. The monoisotopic (exact) mass is 258 g/mol. The largest absolute Gasteiger partial charge is 0.344 e. The van der Waals surface area contributed by atoms with Crippen LogP contribution in [-0.4, -0.2) is 29.6 Å². The fourth-order valence-electron chi connectivity index (χ4n) is 1.000. The average Bonchev–Trinajstić information content (AvgIpc) is 2.15. The van der Waals surface area contributed by atoms with Gasteiger partial charge in [0.25, 0.3) is 0 Å². The lowest BCUT2D eigenvalue weighted by molar-refractivity contribution is 0.653. The molecule has 0 aliphatic heterocycles. The lowest BCUT2D eigenvalue weighted by Crippen LogP contribution is -2.26. The Hall–Kier alpha value is -0.680. The van der Waals surface area contributed by atoms with Gasteiger partial charge in [-0.15, -0.1) is 0 Å². The normalized spacial score (nSPS) is 12.6. The standard InChI is InChI=1S/C9H15BrN4/c1-7(11)3-4-14(2)9-12-5-8(10)6-13-9/h5-7H,3-4,11H2,1-2H3. The van der Waals surface area contributed by atoms with E-state index in [1.165, 1.54) is 0 Å². The van der Waals surface area contributed by atoms with Gasteiger partial charge in [0, 0.05) is 32.0 Å². The molecule has 2 N–H and O–H groups in total. The number of halogens is 1. The zero-order chi connectivity index (χ0) is 10.6. The molecule has 1 atom stereocenters. The van der Waals surface area contributed by atoms with Crippen LogP contribution in [-0.2, 0) is 0 Å². The molecule has 0 fully saturated rings. The second-order valence-corrected chi connectivity index (χ2v) is 4.30. The molecule has 5 heteroatoms. The van der Waals surface area contributed by atoms with Gasteiger partial charge in [-0.05, 0) is 29.3 Å². The van der Waals surface area contributed by atoms with Crippen LogP contribution >= 0.6 is 15.9 Å². The molecular formula is C9H15BrN4. The predicted octanol–water partition coefficient (Wildman–Crippen LogP) is 1.41. The zero-order valence-electron chi connectivity index (χ0n) is 8.44. The molecule has 0 aliphatic carbocycles. The molecule has 0 amide bonds. The van der Waals surface area contributed by atoms with Crippen LogP contribution in [0.4, 0.5) is 5.95 Å². The number of nitrogens with zero attached hydrogens (tertiary/aromatic N) is 3. The van der Waals surface area contributed by atoms with Crippen LogP contribution in [0.2, 0.25) is 0 Å². The Morgan fingerprint density at radius 2 is 2.07 bits per heavy atom. The van der Waals surface area contributed by atoms with E-state index in [0.717, 1.165) is 23.4 Å². The van der Waals surface area contributed by atoms with Crippen LogP contribution in [0.15, 0.2) is 16.9 Å². The number of aromatic nitrogens is 2. The highest BCUT2D eigenvalue weighted by atomic mass is 79.9. The van der Waals surface area contributed by atoms with Gasteiger partial charge in [-0.2, -0.15) is 0 Å². The molecule has 0 saturated heterocycles. The number of nitrogens with two attached hydrogens (primary N) is 1. The van der Waals surface area contributed by atoms with Crippen LogP contribution in [0.1, 0.15) is 13.3 Å². The summed E-state index contributed by atoms with van der Waals surface area (Å²) in [6.45, 7) is 2.87. The third-order valence-corrected chi connectivity index (χ3v) is 2.28. The van der Waals surface area contributed by atoms with E-state index < -0.39 is 0 Å². The van der Waals surface area contributed by atoms with E-state index in [-0.39, 0.29) is 6.04 Å². The van der Waals surface area contributed by atoms with Crippen molar-refractivity contribution in [2.75, 3.05) is 18.5 Å². The highest BCUT2D eigenvalue weighted by molar-refractivity contribution is 9.10. The van der Waals surface area contributed by atoms with Crippen molar-refractivity contribution < 1.29 is 0 Å². The van der Waals surface area contributed by atoms with Crippen molar-refractivity contribution in [2.45, 2.75) is 19.4 Å². The van der Waals surface area contributed by atoms with Crippen LogP contribution in [0.3, 0.4) is 0 Å². The summed E-state index contributed by atoms with van der Waals surface area (Å²) in [6, 6.07) is 0.216. The number of hydrogen-bond donors (Lipinski definition) is 1. The minimum Gasteiger partial charge on any atom is -0.344 e. The van der Waals surface area contributed by atoms with Gasteiger partial charge < -0.3 is 10.6 Å². The third kappa shape index (κ3) is 3.59. The van der Waals surface area contributed by atoms with E-state index >= 15 is 0 Å². The van der Waals surface area contributed by atoms with Crippen molar-refractivity contribution >= 4 is 21.9 Å². The van der Waals surface area contributed by atoms with Crippen molar-refractivity contribution in [3.63, 3.8) is 0 Å². The van der Waals surface area contributed by atoms with Gasteiger partial charge in [0.05, 0.1) is 4.47 Å². The Morgan fingerprint density at radius 1 is 1.50 bits per heavy atom. The van der Waals surface area contributed by atoms with E-state index in [2.05, 4.69) is 25.9 Å². The Kier molecular flexibility index (Phi) is 4.28. The molecule has 1 unspecified atom stereocenters. The van der Waals surface area contributed by atoms with Crippen molar-refractivity contribution in [2.24, 2.45) is 5.73 Å². The summed E-state index contributed by atoms with van der Waals surface area (Å²) in [7, 11) is 1.96. The highest BCUT2D eigenvalue weighted by Crippen LogP contribution is 2.09. The molecule has 0 saturated carbocycles. The molecule has 0 radical (unpaired) electrons. The van der Waals surface area contributed by atoms with Crippen LogP contribution in [0.5, 0.6) is 0 Å². The molecule has 1 aromatic heterocycles. The molecule has 1 rings (SSSR count). The summed E-state index contributed by atoms with van der Waals surface area (Å²) in [5, 5.41) is 0. The third-order valence-electron chi connectivity index (χ3n) is 1.87. The van der Waals surface area contributed by atoms with E-state index in [4.69, 9.17) is 5.73 Å². The smallest absolute Gasteiger partial charge is 0.225 e. The van der Waals surface area contributed by atoms with Crippen molar-refractivity contribution in [1.82, 2.24) is 9.97 Å². The molecule has 0 spiro atoms. The number of rotatable bonds is 4. The van der Waals surface area contributed by atoms with E-state index in [0.29, 0.717) is 0 Å². The van der Waals surface area contributed by atoms with E-state index in [1.807, 2.05) is 18.9 Å². The summed E-state index contributed by atoms with van der Waals surface area (Å²) < 4.78 is 0.891. The Balaban J connectivity index is 2.52. The Labute approximate surface area is 92.7 Å². The van der Waals surface area contributed by atoms with Gasteiger partial charge in [0.15, 0.2) is 0 Å². The van der Waals surface area contributed by atoms with Gasteiger partial charge in [-0.25, -0.2) is 9.97 Å². The lowest BCUT2D eigenvalue weighted by Gasteiger charge is -2.17. The summed E-state index contributed by atoms with van der Waals surface area (Å²) >= 11 is 3.29. The minimum atomic E-state index is 0.216. The fourth-order valence-corrected chi connectivity index (χ4v) is 1.20. The summed E-state index contributed by atoms with van der Waals surface area (Å²) in [5.41, 5.74) is 5.67. The van der Waals surface area contributed by atoms with Gasteiger partial charge in [-0.1, -0.05) is 0 Å². The minimum absolute atomic E-state index is 0.216. The van der Waals surface area contributed by atoms with Crippen LogP contribution < -0.4 is 10.6 Å². The van der Waals surface area contributed by atoms with Crippen molar-refractivity contribution in [1.29, 1.82) is 0 Å². The van der Waals surface area contributed by atoms with E-state index in [9.17, 15) is 0 Å². The maximum absolute atomic E-state index is 5.67. The average molecular weight is 259 g/mol. The molecular weight excluding hydrogens is 244 g/mol. The highest BCUT2D eigenvalue weighted by Gasteiger charge is 2.04. The first-order valence-electron chi connectivity index (χ1n) is 4.54. The summed E-state index contributed by atoms with van der Waals surface area (Å²) in [6.07, 6.45) is 4.42. The summed E-state index contributed by atoms with van der Waals surface area (Å²) in [4.78, 5) is 10.4. The van der Waals surface area contributed by atoms with Crippen molar-refractivity contribution in [3.8, 4) is 0 Å². The number of anilines is 1. The molecule has 14 heavy (non-hydrogen) atoms. The molecule has 1 aromatic rings. The maximum Gasteiger partial charge on any atom is 0.225 e. The molecule has 0 bridgehead atoms. The Bertz CT molecular complexity index is 273. The Morgan fingerprint density at radius 3 is 2.57 bits per heavy atom. The second-order valence-electron chi connectivity index (χ2n) is 3.39. The summed E-state index contributed by atoms with van der Waals surface area (Å²) in [5.74, 6) is 0.730. The molecule has 1 heterocycles.